The Balaban J connectivity index is 1.99. The highest BCUT2D eigenvalue weighted by molar-refractivity contribution is 5.63. The van der Waals surface area contributed by atoms with Crippen molar-refractivity contribution in [1.82, 2.24) is 10.1 Å². The third-order valence-corrected chi connectivity index (χ3v) is 3.37. The number of aryl methyl sites for hydroxylation is 2. The highest BCUT2D eigenvalue weighted by Crippen LogP contribution is 2.26. The summed E-state index contributed by atoms with van der Waals surface area (Å²) in [7, 11) is 1.64. The van der Waals surface area contributed by atoms with Crippen LogP contribution in [-0.2, 0) is 0 Å². The molecule has 0 saturated carbocycles. The molecule has 3 rings (SSSR count). The topological polar surface area (TPSA) is 48.2 Å². The van der Waals surface area contributed by atoms with Gasteiger partial charge in [-0.15, -0.1) is 0 Å². The summed E-state index contributed by atoms with van der Waals surface area (Å²) in [6, 6.07) is 13.8. The number of hydrogen-bond donors (Lipinski definition) is 0. The van der Waals surface area contributed by atoms with Gasteiger partial charge >= 0.3 is 0 Å². The van der Waals surface area contributed by atoms with E-state index in [0.29, 0.717) is 11.7 Å². The van der Waals surface area contributed by atoms with Gasteiger partial charge in [-0.25, -0.2) is 0 Å². The third-order valence-electron chi connectivity index (χ3n) is 3.37. The maximum Gasteiger partial charge on any atom is 0.258 e. The fourth-order valence-corrected chi connectivity index (χ4v) is 2.27. The van der Waals surface area contributed by atoms with Gasteiger partial charge in [-0.3, -0.25) is 0 Å². The second-order valence-electron chi connectivity index (χ2n) is 4.97. The molecule has 2 aromatic carbocycles. The monoisotopic (exact) mass is 280 g/mol. The van der Waals surface area contributed by atoms with Crippen LogP contribution in [0.4, 0.5) is 0 Å². The molecular weight excluding hydrogens is 264 g/mol. The van der Waals surface area contributed by atoms with Crippen molar-refractivity contribution >= 4 is 0 Å². The van der Waals surface area contributed by atoms with Crippen LogP contribution < -0.4 is 4.74 Å². The zero-order valence-electron chi connectivity index (χ0n) is 12.3. The first-order chi connectivity index (χ1) is 10.2. The molecule has 0 N–H and O–H groups in total. The van der Waals surface area contributed by atoms with E-state index in [1.807, 2.05) is 43.3 Å². The molecule has 0 aliphatic carbocycles. The van der Waals surface area contributed by atoms with Crippen LogP contribution in [0.3, 0.4) is 0 Å². The Morgan fingerprint density at radius 2 is 1.90 bits per heavy atom. The molecule has 0 fully saturated rings. The number of benzene rings is 2. The molecule has 0 aliphatic heterocycles. The highest BCUT2D eigenvalue weighted by Gasteiger charge is 2.13. The lowest BCUT2D eigenvalue weighted by Crippen LogP contribution is -1.86. The maximum absolute atomic E-state index is 5.40. The number of aromatic nitrogens is 2. The van der Waals surface area contributed by atoms with Crippen molar-refractivity contribution in [1.29, 1.82) is 0 Å². The summed E-state index contributed by atoms with van der Waals surface area (Å²) >= 11 is 0. The largest absolute Gasteiger partial charge is 0.497 e. The molecule has 0 amide bonds. The average Bonchev–Trinajstić information content (AvgIpc) is 2.97. The van der Waals surface area contributed by atoms with Gasteiger partial charge in [0.05, 0.1) is 7.11 Å². The van der Waals surface area contributed by atoms with Gasteiger partial charge < -0.3 is 9.26 Å². The van der Waals surface area contributed by atoms with Crippen molar-refractivity contribution in [2.75, 3.05) is 7.11 Å². The molecule has 0 unspecified atom stereocenters. The van der Waals surface area contributed by atoms with E-state index in [0.717, 1.165) is 22.4 Å². The number of rotatable bonds is 3. The van der Waals surface area contributed by atoms with Crippen LogP contribution in [0.15, 0.2) is 47.0 Å². The number of nitrogens with zero attached hydrogens (tertiary/aromatic N) is 2. The summed E-state index contributed by atoms with van der Waals surface area (Å²) < 4.78 is 10.6. The molecule has 4 heteroatoms. The zero-order valence-corrected chi connectivity index (χ0v) is 12.3. The molecule has 0 bridgehead atoms. The van der Waals surface area contributed by atoms with Gasteiger partial charge in [0.1, 0.15) is 5.75 Å². The Bertz CT molecular complexity index is 778. The summed E-state index contributed by atoms with van der Waals surface area (Å²) in [5, 5.41) is 4.06. The van der Waals surface area contributed by atoms with Gasteiger partial charge in [0.2, 0.25) is 5.82 Å². The lowest BCUT2D eigenvalue weighted by atomic mass is 10.1. The average molecular weight is 280 g/mol. The zero-order chi connectivity index (χ0) is 14.8. The van der Waals surface area contributed by atoms with E-state index < -0.39 is 0 Å². The van der Waals surface area contributed by atoms with Crippen LogP contribution in [0.5, 0.6) is 5.75 Å². The summed E-state index contributed by atoms with van der Waals surface area (Å²) in [5.41, 5.74) is 4.16. The minimum Gasteiger partial charge on any atom is -0.497 e. The van der Waals surface area contributed by atoms with Crippen molar-refractivity contribution in [2.24, 2.45) is 0 Å². The fourth-order valence-electron chi connectivity index (χ4n) is 2.27. The molecule has 21 heavy (non-hydrogen) atoms. The Morgan fingerprint density at radius 3 is 2.67 bits per heavy atom. The van der Waals surface area contributed by atoms with E-state index in [-0.39, 0.29) is 0 Å². The van der Waals surface area contributed by atoms with E-state index >= 15 is 0 Å². The highest BCUT2D eigenvalue weighted by atomic mass is 16.5. The molecule has 0 spiro atoms. The first-order valence-corrected chi connectivity index (χ1v) is 6.73. The quantitative estimate of drug-likeness (QED) is 0.726. The Hall–Kier alpha value is -2.62. The lowest BCUT2D eigenvalue weighted by Gasteiger charge is -2.01. The Labute approximate surface area is 123 Å². The van der Waals surface area contributed by atoms with E-state index in [2.05, 4.69) is 23.1 Å². The van der Waals surface area contributed by atoms with Crippen LogP contribution in [-0.4, -0.2) is 17.3 Å². The molecule has 106 valence electrons. The first-order valence-electron chi connectivity index (χ1n) is 6.73. The summed E-state index contributed by atoms with van der Waals surface area (Å²) in [6.07, 6.45) is 0. The van der Waals surface area contributed by atoms with Crippen LogP contribution in [0.25, 0.3) is 22.8 Å². The maximum atomic E-state index is 5.40. The van der Waals surface area contributed by atoms with Gasteiger partial charge in [-0.2, -0.15) is 4.98 Å². The molecule has 0 saturated heterocycles. The predicted octanol–water partition coefficient (Wildman–Crippen LogP) is 4.03. The first kappa shape index (κ1) is 13.4. The molecule has 0 radical (unpaired) electrons. The van der Waals surface area contributed by atoms with Crippen molar-refractivity contribution in [3.05, 3.63) is 53.6 Å². The van der Waals surface area contributed by atoms with Gasteiger partial charge in [-0.05, 0) is 37.6 Å². The second-order valence-corrected chi connectivity index (χ2v) is 4.97. The summed E-state index contributed by atoms with van der Waals surface area (Å²) in [4.78, 5) is 4.48. The Kier molecular flexibility index (Phi) is 3.44. The van der Waals surface area contributed by atoms with Crippen LogP contribution in [0.2, 0.25) is 0 Å². The van der Waals surface area contributed by atoms with Crippen LogP contribution in [0, 0.1) is 13.8 Å². The molecular formula is C17H16N2O2. The van der Waals surface area contributed by atoms with Gasteiger partial charge in [-0.1, -0.05) is 35.0 Å². The molecule has 1 heterocycles. The summed E-state index contributed by atoms with van der Waals surface area (Å²) in [6.45, 7) is 4.10. The van der Waals surface area contributed by atoms with E-state index in [4.69, 9.17) is 9.26 Å². The Morgan fingerprint density at radius 1 is 1.05 bits per heavy atom. The SMILES string of the molecule is COc1cccc(-c2noc(-c3ccc(C)cc3C)n2)c1. The minimum absolute atomic E-state index is 0.533. The van der Waals surface area contributed by atoms with Gasteiger partial charge in [0.25, 0.3) is 5.89 Å². The van der Waals surface area contributed by atoms with Crippen LogP contribution in [0.1, 0.15) is 11.1 Å². The van der Waals surface area contributed by atoms with E-state index in [1.54, 1.807) is 7.11 Å². The predicted molar refractivity (Wildman–Crippen MR) is 81.2 cm³/mol. The van der Waals surface area contributed by atoms with Crippen molar-refractivity contribution in [3.8, 4) is 28.6 Å². The summed E-state index contributed by atoms with van der Waals surface area (Å²) in [5.74, 6) is 1.86. The van der Waals surface area contributed by atoms with Gasteiger partial charge in [0, 0.05) is 11.1 Å². The molecule has 3 aromatic rings. The normalized spacial score (nSPS) is 10.6. The fraction of sp³-hybridized carbons (Fsp3) is 0.176. The van der Waals surface area contributed by atoms with Crippen molar-refractivity contribution < 1.29 is 9.26 Å². The lowest BCUT2D eigenvalue weighted by molar-refractivity contribution is 0.414. The number of ether oxygens (including phenoxy) is 1. The molecule has 1 aromatic heterocycles. The van der Waals surface area contributed by atoms with E-state index in [1.165, 1.54) is 5.56 Å². The second kappa shape index (κ2) is 5.40. The van der Waals surface area contributed by atoms with Crippen molar-refractivity contribution in [2.45, 2.75) is 13.8 Å². The van der Waals surface area contributed by atoms with Crippen molar-refractivity contribution in [3.63, 3.8) is 0 Å². The minimum atomic E-state index is 0.533. The van der Waals surface area contributed by atoms with Gasteiger partial charge in [0.15, 0.2) is 0 Å². The van der Waals surface area contributed by atoms with E-state index in [9.17, 15) is 0 Å². The van der Waals surface area contributed by atoms with Crippen LogP contribution >= 0.6 is 0 Å². The third kappa shape index (κ3) is 2.65. The molecule has 0 atom stereocenters. The smallest absolute Gasteiger partial charge is 0.258 e. The molecule has 0 aliphatic rings. The number of methoxy groups -OCH3 is 1. The number of hydrogen-bond acceptors (Lipinski definition) is 4. The molecule has 4 nitrogen and oxygen atoms in total. The standard InChI is InChI=1S/C17H16N2O2/c1-11-7-8-15(12(2)9-11)17-18-16(19-21-17)13-5-4-6-14(10-13)20-3/h4-10H,1-3H3.